The number of quaternary nitrogens is 1. The Labute approximate surface area is 137 Å². The van der Waals surface area contributed by atoms with Gasteiger partial charge >= 0.3 is 48.9 Å². The van der Waals surface area contributed by atoms with Crippen molar-refractivity contribution < 1.29 is 48.0 Å². The molecule has 0 amide bonds. The van der Waals surface area contributed by atoms with Gasteiger partial charge in [0.1, 0.15) is 18.9 Å². The minimum Gasteiger partial charge on any atom is -0.775 e. The van der Waals surface area contributed by atoms with E-state index in [0.29, 0.717) is 0 Å². The summed E-state index contributed by atoms with van der Waals surface area (Å²) in [6.45, 7) is 0. The Morgan fingerprint density at radius 1 is 0.765 bits per heavy atom. The van der Waals surface area contributed by atoms with Crippen molar-refractivity contribution in [3.05, 3.63) is 0 Å². The molecule has 0 spiro atoms. The van der Waals surface area contributed by atoms with Crippen LogP contribution in [0, 0.1) is 0 Å². The molecule has 98 valence electrons. The molecule has 0 aliphatic heterocycles. The summed E-state index contributed by atoms with van der Waals surface area (Å²) >= 11 is 0. The van der Waals surface area contributed by atoms with Gasteiger partial charge in [-0.15, -0.1) is 0 Å². The second-order valence-corrected chi connectivity index (χ2v) is 7.91. The zero-order chi connectivity index (χ0) is 13.2. The summed E-state index contributed by atoms with van der Waals surface area (Å²) in [5, 5.41) is 0. The maximum Gasteiger partial charge on any atom is 2.00 e. The average molecular weight is 434 g/mol. The van der Waals surface area contributed by atoms with E-state index in [4.69, 9.17) is 14.7 Å². The molecule has 0 rings (SSSR count). The summed E-state index contributed by atoms with van der Waals surface area (Å²) in [6.07, 6.45) is -3.73. The quantitative estimate of drug-likeness (QED) is 0.235. The van der Waals surface area contributed by atoms with Crippen molar-refractivity contribution in [1.82, 2.24) is 0 Å². The van der Waals surface area contributed by atoms with Gasteiger partial charge < -0.3 is 48.0 Å². The minimum atomic E-state index is -4.92. The molecular formula is C3H10BaNO9P3. The topological polar surface area (TPSA) is 186 Å². The second-order valence-electron chi connectivity index (χ2n) is 3.14. The molecule has 0 aromatic rings. The van der Waals surface area contributed by atoms with E-state index in [1.54, 1.807) is 0 Å². The van der Waals surface area contributed by atoms with Crippen LogP contribution in [0.2, 0.25) is 0 Å². The van der Waals surface area contributed by atoms with Crippen LogP contribution in [0.5, 0.6) is 0 Å². The van der Waals surface area contributed by atoms with Crippen LogP contribution in [0.15, 0.2) is 0 Å². The van der Waals surface area contributed by atoms with Gasteiger partial charge in [-0.3, -0.25) is 0 Å². The van der Waals surface area contributed by atoms with Crippen LogP contribution < -0.4 is 19.6 Å². The zero-order valence-electron chi connectivity index (χ0n) is 8.46. The number of nitrogens with one attached hydrogen (secondary N) is 1. The van der Waals surface area contributed by atoms with E-state index in [2.05, 4.69) is 0 Å². The fourth-order valence-corrected chi connectivity index (χ4v) is 3.89. The van der Waals surface area contributed by atoms with Gasteiger partial charge in [0.25, 0.3) is 0 Å². The number of rotatable bonds is 6. The maximum atomic E-state index is 10.4. The molecule has 4 N–H and O–H groups in total. The fourth-order valence-electron chi connectivity index (χ4n) is 0.998. The van der Waals surface area contributed by atoms with Crippen molar-refractivity contribution in [2.24, 2.45) is 0 Å². The molecule has 0 aromatic carbocycles. The predicted octanol–water partition coefficient (Wildman–Crippen LogP) is -5.00. The summed E-state index contributed by atoms with van der Waals surface area (Å²) in [5.41, 5.74) is 0. The Balaban J connectivity index is 0. The van der Waals surface area contributed by atoms with Gasteiger partial charge in [-0.05, 0) is 0 Å². The van der Waals surface area contributed by atoms with E-state index < -0.39 is 46.5 Å². The third-order valence-electron chi connectivity index (χ3n) is 1.27. The van der Waals surface area contributed by atoms with Crippen molar-refractivity contribution in [2.75, 3.05) is 18.9 Å². The first-order valence-corrected chi connectivity index (χ1v) is 8.99. The Kier molecular flexibility index (Phi) is 9.62. The summed E-state index contributed by atoms with van der Waals surface area (Å²) in [5.74, 6) is 0. The molecule has 0 aromatic heterocycles. The summed E-state index contributed by atoms with van der Waals surface area (Å²) in [4.78, 5) is 55.8. The maximum absolute atomic E-state index is 10.4. The second kappa shape index (κ2) is 7.68. The SMILES string of the molecule is O=P([O-])(O)C[NH+](CP(=O)([O-])O)CP(=O)([O-])O.[Ba+2]. The van der Waals surface area contributed by atoms with Crippen molar-refractivity contribution in [3.63, 3.8) is 0 Å². The van der Waals surface area contributed by atoms with Crippen LogP contribution in [0.25, 0.3) is 0 Å². The van der Waals surface area contributed by atoms with Gasteiger partial charge in [0.15, 0.2) is 22.8 Å². The minimum absolute atomic E-state index is 0. The first-order valence-electron chi connectivity index (χ1n) is 3.70. The third-order valence-corrected chi connectivity index (χ3v) is 3.81. The summed E-state index contributed by atoms with van der Waals surface area (Å²) < 4.78 is 31.3. The van der Waals surface area contributed by atoms with Crippen LogP contribution in [-0.4, -0.2) is 82.4 Å². The Morgan fingerprint density at radius 3 is 1.06 bits per heavy atom. The third kappa shape index (κ3) is 15.9. The largest absolute Gasteiger partial charge is 2.00 e. The first-order chi connectivity index (χ1) is 6.79. The number of hydrogen-bond donors (Lipinski definition) is 4. The monoisotopic (exact) mass is 435 g/mol. The molecule has 3 atom stereocenters. The Morgan fingerprint density at radius 2 is 0.941 bits per heavy atom. The molecule has 3 unspecified atom stereocenters. The van der Waals surface area contributed by atoms with Gasteiger partial charge in [-0.25, -0.2) is 0 Å². The van der Waals surface area contributed by atoms with E-state index in [1.807, 2.05) is 0 Å². The number of hydrogen-bond acceptors (Lipinski definition) is 6. The Bertz CT molecular complexity index is 311. The van der Waals surface area contributed by atoms with E-state index in [9.17, 15) is 28.4 Å². The van der Waals surface area contributed by atoms with Crippen LogP contribution in [0.3, 0.4) is 0 Å². The predicted molar refractivity (Wildman–Crippen MR) is 50.8 cm³/mol. The standard InChI is InChI=1S/C3H12NO9P3.Ba/c5-14(6,7)1-4(2-15(8,9)10)3-16(11,12)13;/h1-3H2,(H2,5,6,7)(H2,8,9,10)(H2,11,12,13);/q;+2/p-2. The van der Waals surface area contributed by atoms with Crippen LogP contribution in [0.1, 0.15) is 0 Å². The Hall–Kier alpha value is 1.98. The fraction of sp³-hybridized carbons (Fsp3) is 1.00. The molecule has 17 heavy (non-hydrogen) atoms. The normalized spacial score (nSPS) is 23.6. The molecule has 0 fully saturated rings. The van der Waals surface area contributed by atoms with Crippen molar-refractivity contribution in [1.29, 1.82) is 0 Å². The average Bonchev–Trinajstić information content (AvgIpc) is 1.70. The van der Waals surface area contributed by atoms with Gasteiger partial charge in [-0.1, -0.05) is 0 Å². The molecule has 0 heterocycles. The van der Waals surface area contributed by atoms with E-state index in [0.717, 1.165) is 0 Å². The van der Waals surface area contributed by atoms with Gasteiger partial charge in [0.05, 0.1) is 0 Å². The molecule has 0 radical (unpaired) electrons. The molecule has 0 saturated carbocycles. The van der Waals surface area contributed by atoms with Crippen LogP contribution >= 0.6 is 22.8 Å². The molecule has 0 bridgehead atoms. The molecule has 0 aliphatic carbocycles. The zero-order valence-corrected chi connectivity index (χ0v) is 15.6. The van der Waals surface area contributed by atoms with E-state index in [-0.39, 0.29) is 48.9 Å². The summed E-state index contributed by atoms with van der Waals surface area (Å²) in [6, 6.07) is 0. The molecular weight excluding hydrogens is 424 g/mol. The smallest absolute Gasteiger partial charge is 0.775 e. The summed E-state index contributed by atoms with van der Waals surface area (Å²) in [7, 11) is -14.8. The van der Waals surface area contributed by atoms with Crippen LogP contribution in [0.4, 0.5) is 0 Å². The van der Waals surface area contributed by atoms with Gasteiger partial charge in [0.2, 0.25) is 0 Å². The molecule has 0 saturated heterocycles. The van der Waals surface area contributed by atoms with Gasteiger partial charge in [0, 0.05) is 0 Å². The van der Waals surface area contributed by atoms with Crippen molar-refractivity contribution in [3.8, 4) is 0 Å². The van der Waals surface area contributed by atoms with Gasteiger partial charge in [-0.2, -0.15) is 0 Å². The van der Waals surface area contributed by atoms with E-state index >= 15 is 0 Å². The van der Waals surface area contributed by atoms with Crippen molar-refractivity contribution >= 4 is 71.7 Å². The molecule has 0 aliphatic rings. The first kappa shape index (κ1) is 21.3. The molecule has 14 heteroatoms. The van der Waals surface area contributed by atoms with Crippen LogP contribution in [-0.2, 0) is 13.7 Å². The van der Waals surface area contributed by atoms with E-state index in [1.165, 1.54) is 0 Å². The van der Waals surface area contributed by atoms with Crippen molar-refractivity contribution in [2.45, 2.75) is 0 Å². The molecule has 10 nitrogen and oxygen atoms in total.